The van der Waals surface area contributed by atoms with Gasteiger partial charge in [-0.15, -0.1) is 11.3 Å². The molecule has 7 nitrogen and oxygen atoms in total. The van der Waals surface area contributed by atoms with Crippen LogP contribution in [-0.2, 0) is 9.53 Å². The van der Waals surface area contributed by atoms with Gasteiger partial charge in [-0.05, 0) is 19.4 Å². The maximum Gasteiger partial charge on any atom is 0.317 e. The third kappa shape index (κ3) is 3.42. The summed E-state index contributed by atoms with van der Waals surface area (Å²) in [4.78, 5) is 18.5. The minimum Gasteiger partial charge on any atom is -0.466 e. The summed E-state index contributed by atoms with van der Waals surface area (Å²) in [6, 6.07) is -1.28. The number of aliphatic hydroxyl groups excluding tert-OH is 1. The average Bonchev–Trinajstić information content (AvgIpc) is 2.72. The smallest absolute Gasteiger partial charge is 0.317 e. The number of hydrogen-bond donors (Lipinski definition) is 1. The second kappa shape index (κ2) is 6.19. The quantitative estimate of drug-likeness (QED) is 0.374. The molecule has 0 spiro atoms. The predicted octanol–water partition coefficient (Wildman–Crippen LogP) is 1.73. The lowest BCUT2D eigenvalue weighted by Gasteiger charge is -2.14. The van der Waals surface area contributed by atoms with Crippen LogP contribution in [0.3, 0.4) is 0 Å². The lowest BCUT2D eigenvalue weighted by molar-refractivity contribution is -0.147. The highest BCUT2D eigenvalue weighted by molar-refractivity contribution is 7.11. The minimum atomic E-state index is -1.28. The summed E-state index contributed by atoms with van der Waals surface area (Å²) in [5.74, 6) is -0.746. The van der Waals surface area contributed by atoms with Crippen LogP contribution < -0.4 is 0 Å². The lowest BCUT2D eigenvalue weighted by Crippen LogP contribution is -2.27. The van der Waals surface area contributed by atoms with Crippen molar-refractivity contribution in [3.05, 3.63) is 26.5 Å². The number of carbonyl (C=O) groups excluding carboxylic acids is 1. The molecular weight excluding hydrogens is 244 g/mol. The molecule has 2 unspecified atom stereocenters. The number of rotatable bonds is 5. The molecule has 0 aromatic carbocycles. The summed E-state index contributed by atoms with van der Waals surface area (Å²) in [6.45, 7) is 3.56. The van der Waals surface area contributed by atoms with Crippen LogP contribution in [0.5, 0.6) is 0 Å². The van der Waals surface area contributed by atoms with E-state index in [1.807, 2.05) is 0 Å². The molecule has 17 heavy (non-hydrogen) atoms. The van der Waals surface area contributed by atoms with Gasteiger partial charge in [0, 0.05) is 11.1 Å². The largest absolute Gasteiger partial charge is 0.466 e. The van der Waals surface area contributed by atoms with Crippen LogP contribution in [-0.4, -0.2) is 28.7 Å². The molecule has 92 valence electrons. The summed E-state index contributed by atoms with van der Waals surface area (Å²) >= 11 is 1.23. The van der Waals surface area contributed by atoms with E-state index in [1.54, 1.807) is 13.8 Å². The van der Waals surface area contributed by atoms with Crippen molar-refractivity contribution in [1.29, 1.82) is 0 Å². The number of nitrogens with zero attached hydrogens (tertiary/aromatic N) is 4. The van der Waals surface area contributed by atoms with Gasteiger partial charge < -0.3 is 9.84 Å². The van der Waals surface area contributed by atoms with E-state index in [4.69, 9.17) is 10.3 Å². The molecule has 1 N–H and O–H groups in total. The molecule has 1 heterocycles. The van der Waals surface area contributed by atoms with Crippen molar-refractivity contribution in [2.24, 2.45) is 5.11 Å². The highest BCUT2D eigenvalue weighted by Gasteiger charge is 2.29. The minimum absolute atomic E-state index is 0.157. The zero-order chi connectivity index (χ0) is 12.8. The number of aliphatic hydroxyl groups is 1. The Bertz CT molecular complexity index is 441. The SMILES string of the molecule is CCOC(=O)C(N=[N+]=[N-])C(O)c1cnc(C)s1. The highest BCUT2D eigenvalue weighted by Crippen LogP contribution is 2.25. The number of esters is 1. The molecule has 0 bridgehead atoms. The number of ether oxygens (including phenoxy) is 1. The topological polar surface area (TPSA) is 108 Å². The van der Waals surface area contributed by atoms with Crippen LogP contribution in [0.1, 0.15) is 22.9 Å². The van der Waals surface area contributed by atoms with Crippen molar-refractivity contribution in [2.75, 3.05) is 6.61 Å². The summed E-state index contributed by atoms with van der Waals surface area (Å²) < 4.78 is 4.73. The molecule has 0 aliphatic rings. The van der Waals surface area contributed by atoms with Gasteiger partial charge in [0.25, 0.3) is 0 Å². The maximum absolute atomic E-state index is 11.5. The predicted molar refractivity (Wildman–Crippen MR) is 61.4 cm³/mol. The van der Waals surface area contributed by atoms with Gasteiger partial charge in [-0.25, -0.2) is 4.98 Å². The fraction of sp³-hybridized carbons (Fsp3) is 0.556. The second-order valence-electron chi connectivity index (χ2n) is 3.13. The van der Waals surface area contributed by atoms with Crippen molar-refractivity contribution in [1.82, 2.24) is 4.98 Å². The van der Waals surface area contributed by atoms with Gasteiger partial charge in [0.2, 0.25) is 0 Å². The fourth-order valence-electron chi connectivity index (χ4n) is 1.19. The van der Waals surface area contributed by atoms with Crippen LogP contribution in [0, 0.1) is 6.92 Å². The van der Waals surface area contributed by atoms with Crippen molar-refractivity contribution >= 4 is 17.3 Å². The first-order valence-electron chi connectivity index (χ1n) is 4.91. The highest BCUT2D eigenvalue weighted by atomic mass is 32.1. The van der Waals surface area contributed by atoms with E-state index in [0.29, 0.717) is 4.88 Å². The molecule has 0 radical (unpaired) electrons. The lowest BCUT2D eigenvalue weighted by atomic mass is 10.1. The Kier molecular flexibility index (Phi) is 4.89. The molecule has 8 heteroatoms. The number of azide groups is 1. The Balaban J connectivity index is 2.90. The van der Waals surface area contributed by atoms with E-state index < -0.39 is 18.1 Å². The van der Waals surface area contributed by atoms with Gasteiger partial charge in [-0.3, -0.25) is 4.79 Å². The van der Waals surface area contributed by atoms with Gasteiger partial charge in [0.05, 0.1) is 16.5 Å². The monoisotopic (exact) mass is 256 g/mol. The maximum atomic E-state index is 11.5. The Morgan fingerprint density at radius 2 is 2.53 bits per heavy atom. The Morgan fingerprint density at radius 3 is 3.00 bits per heavy atom. The molecule has 0 aliphatic carbocycles. The van der Waals surface area contributed by atoms with E-state index in [1.165, 1.54) is 17.5 Å². The number of carbonyl (C=O) groups is 1. The molecule has 1 aromatic rings. The number of hydrogen-bond acceptors (Lipinski definition) is 6. The Hall–Kier alpha value is -1.63. The van der Waals surface area contributed by atoms with Crippen LogP contribution in [0.4, 0.5) is 0 Å². The number of thiazole rings is 1. The van der Waals surface area contributed by atoms with E-state index in [-0.39, 0.29) is 6.61 Å². The van der Waals surface area contributed by atoms with Crippen LogP contribution in [0.25, 0.3) is 10.4 Å². The molecule has 0 aliphatic heterocycles. The van der Waals surface area contributed by atoms with Crippen molar-refractivity contribution < 1.29 is 14.6 Å². The van der Waals surface area contributed by atoms with Gasteiger partial charge in [0.15, 0.2) is 6.04 Å². The van der Waals surface area contributed by atoms with E-state index in [9.17, 15) is 9.90 Å². The van der Waals surface area contributed by atoms with Gasteiger partial charge >= 0.3 is 5.97 Å². The number of aromatic nitrogens is 1. The Morgan fingerprint density at radius 1 is 1.82 bits per heavy atom. The molecule has 1 rings (SSSR count). The third-order valence-corrected chi connectivity index (χ3v) is 2.92. The second-order valence-corrected chi connectivity index (χ2v) is 4.39. The van der Waals surface area contributed by atoms with Gasteiger partial charge in [-0.1, -0.05) is 5.11 Å². The first-order chi connectivity index (χ1) is 8.10. The third-order valence-electron chi connectivity index (χ3n) is 1.93. The summed E-state index contributed by atoms with van der Waals surface area (Å²) in [6.07, 6.45) is 0.222. The van der Waals surface area contributed by atoms with Crippen molar-refractivity contribution in [2.45, 2.75) is 26.0 Å². The van der Waals surface area contributed by atoms with Crippen molar-refractivity contribution in [3.8, 4) is 0 Å². The van der Waals surface area contributed by atoms with E-state index in [2.05, 4.69) is 15.0 Å². The van der Waals surface area contributed by atoms with Crippen LogP contribution >= 0.6 is 11.3 Å². The molecule has 0 saturated carbocycles. The number of aryl methyl sites for hydroxylation is 1. The van der Waals surface area contributed by atoms with Crippen molar-refractivity contribution in [3.63, 3.8) is 0 Å². The summed E-state index contributed by atoms with van der Waals surface area (Å²) in [5, 5.41) is 13.9. The zero-order valence-corrected chi connectivity index (χ0v) is 10.2. The average molecular weight is 256 g/mol. The van der Waals surface area contributed by atoms with Gasteiger partial charge in [-0.2, -0.15) is 0 Å². The molecule has 0 fully saturated rings. The first kappa shape index (κ1) is 13.4. The normalized spacial score (nSPS) is 13.6. The molecular formula is C9H12N4O3S. The Labute approximate surface area is 102 Å². The standard InChI is InChI=1S/C9H12N4O3S/c1-3-16-9(15)7(12-13-10)8(14)6-4-11-5(2)17-6/h4,7-8,14H,3H2,1-2H3. The van der Waals surface area contributed by atoms with E-state index in [0.717, 1.165) is 5.01 Å². The van der Waals surface area contributed by atoms with E-state index >= 15 is 0 Å². The van der Waals surface area contributed by atoms with Gasteiger partial charge in [0.1, 0.15) is 6.10 Å². The fourth-order valence-corrected chi connectivity index (χ4v) is 1.99. The molecule has 2 atom stereocenters. The molecule has 1 aromatic heterocycles. The van der Waals surface area contributed by atoms with Crippen LogP contribution in [0.2, 0.25) is 0 Å². The molecule has 0 amide bonds. The summed E-state index contributed by atoms with van der Waals surface area (Å²) in [7, 11) is 0. The molecule has 0 saturated heterocycles. The summed E-state index contributed by atoms with van der Waals surface area (Å²) in [5.41, 5.74) is 8.38. The van der Waals surface area contributed by atoms with Crippen LogP contribution in [0.15, 0.2) is 11.3 Å². The first-order valence-corrected chi connectivity index (χ1v) is 5.73. The zero-order valence-electron chi connectivity index (χ0n) is 9.40.